The van der Waals surface area contributed by atoms with E-state index in [1.54, 1.807) is 0 Å². The maximum absolute atomic E-state index is 12.1. The number of nitrogens with one attached hydrogen (secondary N) is 2. The van der Waals surface area contributed by atoms with E-state index in [9.17, 15) is 21.6 Å². The molecule has 1 rings (SSSR count). The highest BCUT2D eigenvalue weighted by Crippen LogP contribution is 2.25. The molecule has 0 unspecified atom stereocenters. The highest BCUT2D eigenvalue weighted by molar-refractivity contribution is 7.87. The number of amidine groups is 1. The summed E-state index contributed by atoms with van der Waals surface area (Å²) in [7, 11) is -4.29. The summed E-state index contributed by atoms with van der Waals surface area (Å²) in [6.07, 6.45) is -1.85. The van der Waals surface area contributed by atoms with Gasteiger partial charge in [-0.15, -0.1) is 0 Å². The first kappa shape index (κ1) is 16.2. The van der Waals surface area contributed by atoms with Crippen molar-refractivity contribution in [1.29, 1.82) is 5.41 Å². The molecule has 0 aromatic rings. The minimum absolute atomic E-state index is 0.391. The molecule has 0 spiro atoms. The Morgan fingerprint density at radius 3 is 2.32 bits per heavy atom. The molecule has 6 nitrogen and oxygen atoms in total. The van der Waals surface area contributed by atoms with Crippen molar-refractivity contribution < 1.29 is 21.6 Å². The van der Waals surface area contributed by atoms with Crippen molar-refractivity contribution in [3.8, 4) is 0 Å². The van der Waals surface area contributed by atoms with Crippen LogP contribution in [-0.2, 0) is 10.2 Å². The lowest BCUT2D eigenvalue weighted by Crippen LogP contribution is -2.50. The summed E-state index contributed by atoms with van der Waals surface area (Å²) in [5, 5.41) is 7.15. The van der Waals surface area contributed by atoms with Crippen LogP contribution >= 0.6 is 0 Å². The summed E-state index contributed by atoms with van der Waals surface area (Å²) < 4.78 is 62.3. The largest absolute Gasteiger partial charge is 0.402 e. The van der Waals surface area contributed by atoms with E-state index in [4.69, 9.17) is 11.1 Å². The number of rotatable bonds is 6. The molecule has 0 amide bonds. The third-order valence-corrected chi connectivity index (χ3v) is 4.38. The van der Waals surface area contributed by atoms with Crippen LogP contribution in [0.3, 0.4) is 0 Å². The van der Waals surface area contributed by atoms with Gasteiger partial charge in [0.25, 0.3) is 10.2 Å². The average molecular weight is 302 g/mol. The standard InChI is InChI=1S/C9H17F3N4O2S/c10-9(11,12)6-15-19(17,18)16(5-8(13)14)7-3-1-2-4-7/h7,15H,1-6H2,(H3,13,14). The van der Waals surface area contributed by atoms with Crippen LogP contribution in [0.25, 0.3) is 0 Å². The monoisotopic (exact) mass is 302 g/mol. The van der Waals surface area contributed by atoms with Gasteiger partial charge < -0.3 is 5.73 Å². The van der Waals surface area contributed by atoms with Crippen LogP contribution in [-0.4, -0.2) is 43.9 Å². The van der Waals surface area contributed by atoms with E-state index in [0.717, 1.165) is 17.1 Å². The first-order valence-corrected chi connectivity index (χ1v) is 7.22. The van der Waals surface area contributed by atoms with E-state index in [1.165, 1.54) is 4.72 Å². The molecule has 0 radical (unpaired) electrons. The van der Waals surface area contributed by atoms with Crippen LogP contribution in [0, 0.1) is 5.41 Å². The van der Waals surface area contributed by atoms with Crippen molar-refractivity contribution in [1.82, 2.24) is 9.03 Å². The normalized spacial score (nSPS) is 18.1. The summed E-state index contributed by atoms with van der Waals surface area (Å²) in [4.78, 5) is 0. The van der Waals surface area contributed by atoms with Crippen molar-refractivity contribution in [2.75, 3.05) is 13.1 Å². The molecule has 4 N–H and O–H groups in total. The van der Waals surface area contributed by atoms with Gasteiger partial charge in [0.2, 0.25) is 0 Å². The third-order valence-electron chi connectivity index (χ3n) is 2.82. The predicted octanol–water partition coefficient (Wildman–Crippen LogP) is 0.564. The van der Waals surface area contributed by atoms with Gasteiger partial charge in [0.1, 0.15) is 12.4 Å². The predicted molar refractivity (Wildman–Crippen MR) is 63.9 cm³/mol. The lowest BCUT2D eigenvalue weighted by molar-refractivity contribution is -0.121. The van der Waals surface area contributed by atoms with E-state index >= 15 is 0 Å². The fraction of sp³-hybridized carbons (Fsp3) is 0.889. The van der Waals surface area contributed by atoms with Gasteiger partial charge >= 0.3 is 6.18 Å². The van der Waals surface area contributed by atoms with Crippen LogP contribution < -0.4 is 10.5 Å². The lowest BCUT2D eigenvalue weighted by Gasteiger charge is -2.27. The SMILES string of the molecule is N=C(N)CN(C1CCCC1)S(=O)(=O)NCC(F)(F)F. The number of alkyl halides is 3. The summed E-state index contributed by atoms with van der Waals surface area (Å²) in [6.45, 7) is -2.02. The van der Waals surface area contributed by atoms with Gasteiger partial charge in [-0.3, -0.25) is 5.41 Å². The Labute approximate surface area is 109 Å². The van der Waals surface area contributed by atoms with Crippen molar-refractivity contribution in [2.45, 2.75) is 37.9 Å². The number of halogens is 3. The fourth-order valence-corrected chi connectivity index (χ4v) is 3.45. The molecule has 0 bridgehead atoms. The Morgan fingerprint density at radius 2 is 1.89 bits per heavy atom. The van der Waals surface area contributed by atoms with Gasteiger partial charge in [-0.25, -0.2) is 0 Å². The molecule has 19 heavy (non-hydrogen) atoms. The number of hydrogen-bond donors (Lipinski definition) is 3. The molecule has 1 fully saturated rings. The smallest absolute Gasteiger partial charge is 0.387 e. The zero-order chi connectivity index (χ0) is 14.7. The zero-order valence-corrected chi connectivity index (χ0v) is 11.0. The van der Waals surface area contributed by atoms with Crippen LogP contribution in [0.1, 0.15) is 25.7 Å². The lowest BCUT2D eigenvalue weighted by atomic mass is 10.2. The molecule has 1 saturated carbocycles. The minimum atomic E-state index is -4.62. The fourth-order valence-electron chi connectivity index (χ4n) is 2.03. The van der Waals surface area contributed by atoms with E-state index in [1.807, 2.05) is 0 Å². The van der Waals surface area contributed by atoms with Crippen LogP contribution in [0.4, 0.5) is 13.2 Å². The Morgan fingerprint density at radius 1 is 1.37 bits per heavy atom. The van der Waals surface area contributed by atoms with Gasteiger partial charge in [-0.1, -0.05) is 12.8 Å². The molecular formula is C9H17F3N4O2S. The van der Waals surface area contributed by atoms with Crippen LogP contribution in [0.5, 0.6) is 0 Å². The molecule has 112 valence electrons. The van der Waals surface area contributed by atoms with Crippen LogP contribution in [0.15, 0.2) is 0 Å². The third kappa shape index (κ3) is 5.33. The quantitative estimate of drug-likeness (QED) is 0.494. The Bertz CT molecular complexity index is 418. The second-order valence-electron chi connectivity index (χ2n) is 4.45. The maximum atomic E-state index is 12.1. The van der Waals surface area contributed by atoms with E-state index in [2.05, 4.69) is 0 Å². The molecule has 10 heteroatoms. The molecule has 0 saturated heterocycles. The van der Waals surface area contributed by atoms with Gasteiger partial charge in [0.05, 0.1) is 6.54 Å². The van der Waals surface area contributed by atoms with Crippen molar-refractivity contribution in [2.24, 2.45) is 5.73 Å². The molecule has 0 aromatic heterocycles. The van der Waals surface area contributed by atoms with Crippen LogP contribution in [0.2, 0.25) is 0 Å². The highest BCUT2D eigenvalue weighted by Gasteiger charge is 2.36. The van der Waals surface area contributed by atoms with E-state index in [0.29, 0.717) is 12.8 Å². The topological polar surface area (TPSA) is 99.3 Å². The molecule has 0 aromatic carbocycles. The first-order chi connectivity index (χ1) is 8.62. The van der Waals surface area contributed by atoms with Gasteiger partial charge in [0.15, 0.2) is 0 Å². The minimum Gasteiger partial charge on any atom is -0.387 e. The summed E-state index contributed by atoms with van der Waals surface area (Å²) in [5.74, 6) is -0.399. The summed E-state index contributed by atoms with van der Waals surface area (Å²) in [6, 6.07) is -0.394. The highest BCUT2D eigenvalue weighted by atomic mass is 32.2. The van der Waals surface area contributed by atoms with E-state index in [-0.39, 0.29) is 0 Å². The van der Waals surface area contributed by atoms with Crippen molar-refractivity contribution in [3.63, 3.8) is 0 Å². The number of hydrogen-bond acceptors (Lipinski definition) is 3. The van der Waals surface area contributed by atoms with E-state index < -0.39 is 41.4 Å². The summed E-state index contributed by atoms with van der Waals surface area (Å²) >= 11 is 0. The summed E-state index contributed by atoms with van der Waals surface area (Å²) in [5.41, 5.74) is 5.17. The molecule has 1 aliphatic carbocycles. The average Bonchev–Trinajstić information content (AvgIpc) is 2.75. The van der Waals surface area contributed by atoms with Gasteiger partial charge in [-0.2, -0.15) is 30.6 Å². The molecular weight excluding hydrogens is 285 g/mol. The molecule has 0 aliphatic heterocycles. The maximum Gasteiger partial charge on any atom is 0.402 e. The molecule has 0 atom stereocenters. The number of nitrogens with two attached hydrogens (primary N) is 1. The molecule has 0 heterocycles. The van der Waals surface area contributed by atoms with Gasteiger partial charge in [0, 0.05) is 6.04 Å². The van der Waals surface area contributed by atoms with Crippen molar-refractivity contribution >= 4 is 16.0 Å². The Kier molecular flexibility index (Phi) is 5.16. The molecule has 1 aliphatic rings. The second kappa shape index (κ2) is 6.06. The van der Waals surface area contributed by atoms with Crippen molar-refractivity contribution in [3.05, 3.63) is 0 Å². The first-order valence-electron chi connectivity index (χ1n) is 5.78. The Balaban J connectivity index is 2.79. The van der Waals surface area contributed by atoms with Gasteiger partial charge in [-0.05, 0) is 12.8 Å². The zero-order valence-electron chi connectivity index (χ0n) is 10.2. The Hall–Kier alpha value is -0.870. The number of nitrogens with zero attached hydrogens (tertiary/aromatic N) is 1. The second-order valence-corrected chi connectivity index (χ2v) is 6.16.